The van der Waals surface area contributed by atoms with Crippen molar-refractivity contribution < 1.29 is 58.9 Å². The average molecular weight is 686 g/mol. The molecule has 2 saturated carbocycles. The van der Waals surface area contributed by atoms with Gasteiger partial charge in [0.2, 0.25) is 5.91 Å². The molecule has 49 heavy (non-hydrogen) atoms. The summed E-state index contributed by atoms with van der Waals surface area (Å²) >= 11 is 0. The number of Topliss-reactive ketones (excluding diaryl/α,β-unsaturated/α-hetero) is 1. The summed E-state index contributed by atoms with van der Waals surface area (Å²) in [5, 5.41) is 62.2. The van der Waals surface area contributed by atoms with E-state index in [-0.39, 0.29) is 29.7 Å². The molecule has 13 nitrogen and oxygen atoms in total. The van der Waals surface area contributed by atoms with Crippen molar-refractivity contribution >= 4 is 23.6 Å². The second-order valence-corrected chi connectivity index (χ2v) is 15.0. The maximum absolute atomic E-state index is 14.5. The van der Waals surface area contributed by atoms with Crippen molar-refractivity contribution in [2.75, 3.05) is 6.61 Å². The molecular formula is C36H47NO12. The molecule has 3 aliphatic carbocycles. The first-order valence-electron chi connectivity index (χ1n) is 16.5. The quantitative estimate of drug-likeness (QED) is 0.175. The van der Waals surface area contributed by atoms with Crippen LogP contribution in [0.5, 0.6) is 0 Å². The van der Waals surface area contributed by atoms with Crippen LogP contribution in [0.25, 0.3) is 0 Å². The molecule has 1 saturated heterocycles. The fraction of sp³-hybridized carbons (Fsp3) is 0.611. The molecule has 0 radical (unpaired) electrons. The van der Waals surface area contributed by atoms with Gasteiger partial charge in [-0.05, 0) is 51.0 Å². The highest BCUT2D eigenvalue weighted by Crippen LogP contribution is 2.63. The van der Waals surface area contributed by atoms with Crippen molar-refractivity contribution in [3.8, 4) is 0 Å². The number of esters is 2. The number of ether oxygens (including phenoxy) is 3. The molecule has 4 aliphatic rings. The minimum atomic E-state index is -2.26. The van der Waals surface area contributed by atoms with E-state index in [2.05, 4.69) is 5.32 Å². The maximum Gasteiger partial charge on any atom is 0.338 e. The highest BCUT2D eigenvalue weighted by atomic mass is 16.6. The Morgan fingerprint density at radius 3 is 2.22 bits per heavy atom. The van der Waals surface area contributed by atoms with E-state index in [1.54, 1.807) is 45.9 Å². The molecule has 6 N–H and O–H groups in total. The van der Waals surface area contributed by atoms with Crippen LogP contribution in [-0.2, 0) is 28.6 Å². The second-order valence-electron chi connectivity index (χ2n) is 15.0. The topological polar surface area (TPSA) is 209 Å². The molecular weight excluding hydrogens is 638 g/mol. The minimum absolute atomic E-state index is 0.0205. The van der Waals surface area contributed by atoms with Gasteiger partial charge in [-0.1, -0.05) is 43.7 Å². The zero-order chi connectivity index (χ0) is 36.4. The highest BCUT2D eigenvalue weighted by molar-refractivity contribution is 5.94. The molecule has 11 atom stereocenters. The predicted molar refractivity (Wildman–Crippen MR) is 173 cm³/mol. The van der Waals surface area contributed by atoms with Crippen LogP contribution in [0.1, 0.15) is 71.7 Å². The Hall–Kier alpha value is -3.46. The first-order valence-corrected chi connectivity index (χ1v) is 16.5. The lowest BCUT2D eigenvalue weighted by molar-refractivity contribution is -0.343. The van der Waals surface area contributed by atoms with Crippen molar-refractivity contribution in [2.24, 2.45) is 16.7 Å². The number of fused-ring (bicyclic) bond motifs is 5. The third kappa shape index (κ3) is 5.74. The first kappa shape index (κ1) is 36.8. The van der Waals surface area contributed by atoms with Crippen molar-refractivity contribution in [1.82, 2.24) is 5.32 Å². The van der Waals surface area contributed by atoms with E-state index in [1.807, 2.05) is 0 Å². The highest BCUT2D eigenvalue weighted by Gasteiger charge is 2.76. The molecule has 2 bridgehead atoms. The van der Waals surface area contributed by atoms with Gasteiger partial charge in [0.15, 0.2) is 11.9 Å². The van der Waals surface area contributed by atoms with E-state index in [0.717, 1.165) is 0 Å². The number of carbonyl (C=O) groups is 4. The van der Waals surface area contributed by atoms with Gasteiger partial charge in [-0.25, -0.2) is 9.59 Å². The number of carbonyl (C=O) groups excluding carboxylic acids is 4. The molecule has 10 unspecified atom stereocenters. The summed E-state index contributed by atoms with van der Waals surface area (Å²) in [5.41, 5.74) is -6.65. The first-order chi connectivity index (χ1) is 22.7. The molecule has 268 valence electrons. The lowest BCUT2D eigenvalue weighted by Gasteiger charge is -2.66. The predicted octanol–water partition coefficient (Wildman–Crippen LogP) is 0.894. The van der Waals surface area contributed by atoms with Gasteiger partial charge in [-0.15, -0.1) is 0 Å². The normalized spacial score (nSPS) is 37.5. The molecule has 1 amide bonds. The fourth-order valence-electron chi connectivity index (χ4n) is 8.54. The van der Waals surface area contributed by atoms with E-state index < -0.39 is 101 Å². The van der Waals surface area contributed by atoms with Gasteiger partial charge in [-0.3, -0.25) is 9.59 Å². The summed E-state index contributed by atoms with van der Waals surface area (Å²) in [6.07, 6.45) is -8.50. The Bertz CT molecular complexity index is 1580. The monoisotopic (exact) mass is 685 g/mol. The number of hydrogen-bond acceptors (Lipinski definition) is 12. The third-order valence-corrected chi connectivity index (χ3v) is 11.3. The molecule has 0 aromatic heterocycles. The smallest absolute Gasteiger partial charge is 0.338 e. The number of nitrogens with one attached hydrogen (secondary N) is 1. The van der Waals surface area contributed by atoms with Gasteiger partial charge < -0.3 is 45.1 Å². The number of aliphatic hydroxyl groups excluding tert-OH is 3. The number of aliphatic hydroxyl groups is 5. The Kier molecular flexibility index (Phi) is 9.54. The lowest BCUT2D eigenvalue weighted by Crippen LogP contribution is -2.81. The molecule has 13 heteroatoms. The molecule has 1 aliphatic heterocycles. The van der Waals surface area contributed by atoms with Gasteiger partial charge in [-0.2, -0.15) is 0 Å². The zero-order valence-electron chi connectivity index (χ0n) is 28.8. The average Bonchev–Trinajstić information content (AvgIpc) is 3.02. The van der Waals surface area contributed by atoms with Crippen LogP contribution in [0, 0.1) is 16.7 Å². The Labute approximate surface area is 284 Å². The van der Waals surface area contributed by atoms with Crippen molar-refractivity contribution in [3.05, 3.63) is 58.7 Å². The molecule has 1 aromatic rings. The Morgan fingerprint density at radius 2 is 1.67 bits per heavy atom. The van der Waals surface area contributed by atoms with E-state index in [4.69, 9.17) is 14.2 Å². The van der Waals surface area contributed by atoms with Gasteiger partial charge in [0.05, 0.1) is 35.8 Å². The van der Waals surface area contributed by atoms with Crippen molar-refractivity contribution in [2.45, 2.75) is 115 Å². The molecule has 0 spiro atoms. The van der Waals surface area contributed by atoms with Gasteiger partial charge in [0.25, 0.3) is 0 Å². The number of amides is 1. The van der Waals surface area contributed by atoms with Crippen LogP contribution in [0.3, 0.4) is 0 Å². The van der Waals surface area contributed by atoms with Gasteiger partial charge >= 0.3 is 11.9 Å². The molecule has 3 fully saturated rings. The van der Waals surface area contributed by atoms with Gasteiger partial charge in [0.1, 0.15) is 29.5 Å². The fourth-order valence-corrected chi connectivity index (χ4v) is 8.54. The van der Waals surface area contributed by atoms with E-state index in [1.165, 1.54) is 39.0 Å². The Balaban J connectivity index is 1.68. The van der Waals surface area contributed by atoms with Crippen LogP contribution in [-0.4, -0.2) is 110 Å². The largest absolute Gasteiger partial charge is 0.456 e. The van der Waals surface area contributed by atoms with Crippen molar-refractivity contribution in [1.29, 1.82) is 0 Å². The molecule has 1 heterocycles. The van der Waals surface area contributed by atoms with Crippen molar-refractivity contribution in [3.63, 3.8) is 0 Å². The second kappa shape index (κ2) is 12.7. The summed E-state index contributed by atoms with van der Waals surface area (Å²) in [4.78, 5) is 53.7. The van der Waals surface area contributed by atoms with Crippen LogP contribution >= 0.6 is 0 Å². The third-order valence-electron chi connectivity index (χ3n) is 11.3. The SMILES string of the molecule is CC(=O)NC(C=C(C)C)C(O)C(=O)OC1CC2(O)C(OC(=O)c3ccccc3)C3C4(O)COC4CC(O)[C@@]3(C)C(=O)C(O)C(=C1C)C2(C)C. The summed E-state index contributed by atoms with van der Waals surface area (Å²) in [6.45, 7) is 10.4. The summed E-state index contributed by atoms with van der Waals surface area (Å²) in [5.74, 6) is -4.94. The summed E-state index contributed by atoms with van der Waals surface area (Å²) in [6, 6.07) is 6.75. The number of benzene rings is 1. The molecule has 5 rings (SSSR count). The number of allylic oxidation sites excluding steroid dienone is 1. The molecule has 1 aromatic carbocycles. The summed E-state index contributed by atoms with van der Waals surface area (Å²) < 4.78 is 17.6. The maximum atomic E-state index is 14.5. The van der Waals surface area contributed by atoms with E-state index in [9.17, 15) is 44.7 Å². The number of ketones is 1. The summed E-state index contributed by atoms with van der Waals surface area (Å²) in [7, 11) is 0. The van der Waals surface area contributed by atoms with Crippen LogP contribution in [0.2, 0.25) is 0 Å². The van der Waals surface area contributed by atoms with Crippen LogP contribution in [0.4, 0.5) is 0 Å². The lowest BCUT2D eigenvalue weighted by atomic mass is 9.44. The van der Waals surface area contributed by atoms with Crippen LogP contribution < -0.4 is 5.32 Å². The number of rotatable bonds is 7. The standard InChI is InChI=1S/C36H47NO12/c1-17(2)13-21(37-19(4)38)26(40)32(44)48-22-15-36(46)30(49-31(43)20-11-9-8-10-12-20)28-34(7,23(39)14-24-35(28,45)16-47-24)29(42)27(41)25(18(22)3)33(36,5)6/h8-13,21-24,26-28,30,39-41,45-46H,14-16H2,1-7H3,(H,37,38)/t21?,22?,23?,24?,26?,27?,28?,30?,34-,35?,36?/m1/s1. The number of hydrogen-bond donors (Lipinski definition) is 6. The van der Waals surface area contributed by atoms with E-state index >= 15 is 0 Å². The van der Waals surface area contributed by atoms with Gasteiger partial charge in [0, 0.05) is 31.1 Å². The van der Waals surface area contributed by atoms with Crippen LogP contribution in [0.15, 0.2) is 53.1 Å². The zero-order valence-corrected chi connectivity index (χ0v) is 28.8. The van der Waals surface area contributed by atoms with E-state index in [0.29, 0.717) is 5.57 Å². The minimum Gasteiger partial charge on any atom is -0.456 e. The Morgan fingerprint density at radius 1 is 1.04 bits per heavy atom.